The van der Waals surface area contributed by atoms with Gasteiger partial charge in [-0.2, -0.15) is 0 Å². The van der Waals surface area contributed by atoms with Crippen molar-refractivity contribution in [3.05, 3.63) is 58.4 Å². The van der Waals surface area contributed by atoms with Crippen molar-refractivity contribution in [2.24, 2.45) is 0 Å². The van der Waals surface area contributed by atoms with Crippen molar-refractivity contribution < 1.29 is 13.9 Å². The van der Waals surface area contributed by atoms with Crippen LogP contribution in [-0.2, 0) is 0 Å². The summed E-state index contributed by atoms with van der Waals surface area (Å²) in [6.07, 6.45) is 0. The Bertz CT molecular complexity index is 597. The molecule has 1 unspecified atom stereocenters. The molecule has 1 atom stereocenters. The highest BCUT2D eigenvalue weighted by Gasteiger charge is 2.22. The summed E-state index contributed by atoms with van der Waals surface area (Å²) >= 11 is 12.4. The van der Waals surface area contributed by atoms with E-state index in [9.17, 15) is 4.39 Å². The third-order valence-electron chi connectivity index (χ3n) is 2.97. The molecule has 0 aliphatic carbocycles. The SMILES string of the molecule is COc1ccc(C(Cl)c2c(F)cccc2Cl)c(OC)c1. The standard InChI is InChI=1S/C15H13Cl2FO2/c1-19-9-6-7-10(13(8-9)20-2)15(17)14-11(16)4-3-5-12(14)18/h3-8,15H,1-2H3. The van der Waals surface area contributed by atoms with E-state index in [0.717, 1.165) is 0 Å². The molecular formula is C15H13Cl2FO2. The van der Waals surface area contributed by atoms with Gasteiger partial charge in [-0.1, -0.05) is 17.7 Å². The maximum Gasteiger partial charge on any atom is 0.129 e. The lowest BCUT2D eigenvalue weighted by atomic mass is 10.0. The first-order chi connectivity index (χ1) is 9.58. The van der Waals surface area contributed by atoms with Crippen molar-refractivity contribution in [1.29, 1.82) is 0 Å². The Morgan fingerprint density at radius 1 is 1.10 bits per heavy atom. The van der Waals surface area contributed by atoms with Gasteiger partial charge in [-0.15, -0.1) is 11.6 Å². The number of benzene rings is 2. The average molecular weight is 315 g/mol. The molecule has 20 heavy (non-hydrogen) atoms. The predicted octanol–water partition coefficient (Wildman–Crippen LogP) is 4.82. The van der Waals surface area contributed by atoms with Gasteiger partial charge >= 0.3 is 0 Å². The molecule has 0 bridgehead atoms. The highest BCUT2D eigenvalue weighted by atomic mass is 35.5. The topological polar surface area (TPSA) is 18.5 Å². The Hall–Kier alpha value is -1.45. The number of hydrogen-bond acceptors (Lipinski definition) is 2. The number of rotatable bonds is 4. The van der Waals surface area contributed by atoms with E-state index in [0.29, 0.717) is 17.1 Å². The summed E-state index contributed by atoms with van der Waals surface area (Å²) in [6.45, 7) is 0. The summed E-state index contributed by atoms with van der Waals surface area (Å²) in [6, 6.07) is 9.63. The molecule has 0 aromatic heterocycles. The van der Waals surface area contributed by atoms with E-state index in [1.165, 1.54) is 19.2 Å². The van der Waals surface area contributed by atoms with Crippen molar-refractivity contribution in [2.45, 2.75) is 5.38 Å². The summed E-state index contributed by atoms with van der Waals surface area (Å²) < 4.78 is 24.3. The molecule has 0 radical (unpaired) electrons. The van der Waals surface area contributed by atoms with Gasteiger partial charge in [0.05, 0.1) is 19.6 Å². The maximum absolute atomic E-state index is 13.9. The first-order valence-corrected chi connectivity index (χ1v) is 6.69. The Balaban J connectivity index is 2.50. The van der Waals surface area contributed by atoms with Gasteiger partial charge in [-0.3, -0.25) is 0 Å². The fourth-order valence-corrected chi connectivity index (χ4v) is 2.67. The smallest absolute Gasteiger partial charge is 0.129 e. The lowest BCUT2D eigenvalue weighted by Crippen LogP contribution is -2.01. The van der Waals surface area contributed by atoms with Crippen molar-refractivity contribution in [2.75, 3.05) is 14.2 Å². The van der Waals surface area contributed by atoms with E-state index in [1.54, 1.807) is 31.4 Å². The van der Waals surface area contributed by atoms with Gasteiger partial charge < -0.3 is 9.47 Å². The highest BCUT2D eigenvalue weighted by molar-refractivity contribution is 6.33. The zero-order valence-electron chi connectivity index (χ0n) is 11.0. The van der Waals surface area contributed by atoms with Crippen LogP contribution in [0.2, 0.25) is 5.02 Å². The summed E-state index contributed by atoms with van der Waals surface area (Å²) in [5.74, 6) is 0.702. The Morgan fingerprint density at radius 2 is 1.85 bits per heavy atom. The quantitative estimate of drug-likeness (QED) is 0.753. The second-order valence-corrected chi connectivity index (χ2v) is 4.95. The molecule has 2 aromatic carbocycles. The van der Waals surface area contributed by atoms with Crippen molar-refractivity contribution in [1.82, 2.24) is 0 Å². The first kappa shape index (κ1) is 14.9. The van der Waals surface area contributed by atoms with Crippen LogP contribution in [-0.4, -0.2) is 14.2 Å². The second-order valence-electron chi connectivity index (χ2n) is 4.11. The minimum atomic E-state index is -0.746. The minimum Gasteiger partial charge on any atom is -0.497 e. The second kappa shape index (κ2) is 6.33. The normalized spacial score (nSPS) is 12.1. The fraction of sp³-hybridized carbons (Fsp3) is 0.200. The van der Waals surface area contributed by atoms with E-state index in [-0.39, 0.29) is 10.6 Å². The molecule has 0 heterocycles. The third-order valence-corrected chi connectivity index (χ3v) is 3.75. The Kier molecular flexibility index (Phi) is 4.73. The molecule has 106 valence electrons. The van der Waals surface area contributed by atoms with Crippen LogP contribution in [0, 0.1) is 5.82 Å². The Morgan fingerprint density at radius 3 is 2.45 bits per heavy atom. The van der Waals surface area contributed by atoms with Gasteiger partial charge in [0.1, 0.15) is 17.3 Å². The zero-order chi connectivity index (χ0) is 14.7. The summed E-state index contributed by atoms with van der Waals surface area (Å²) in [5.41, 5.74) is 0.862. The molecule has 5 heteroatoms. The number of alkyl halides is 1. The molecular weight excluding hydrogens is 302 g/mol. The van der Waals surface area contributed by atoms with E-state index in [2.05, 4.69) is 0 Å². The summed E-state index contributed by atoms with van der Waals surface area (Å²) in [5, 5.41) is -0.465. The largest absolute Gasteiger partial charge is 0.497 e. The van der Waals surface area contributed by atoms with Crippen LogP contribution >= 0.6 is 23.2 Å². The van der Waals surface area contributed by atoms with Crippen LogP contribution in [0.1, 0.15) is 16.5 Å². The van der Waals surface area contributed by atoms with Gasteiger partial charge in [0.25, 0.3) is 0 Å². The lowest BCUT2D eigenvalue weighted by Gasteiger charge is -2.17. The maximum atomic E-state index is 13.9. The van der Waals surface area contributed by atoms with E-state index >= 15 is 0 Å². The molecule has 2 rings (SSSR count). The number of methoxy groups -OCH3 is 2. The van der Waals surface area contributed by atoms with Gasteiger partial charge in [-0.25, -0.2) is 4.39 Å². The van der Waals surface area contributed by atoms with Crippen LogP contribution in [0.5, 0.6) is 11.5 Å². The summed E-state index contributed by atoms with van der Waals surface area (Å²) in [4.78, 5) is 0. The van der Waals surface area contributed by atoms with Gasteiger partial charge in [0.15, 0.2) is 0 Å². The van der Waals surface area contributed by atoms with E-state index in [1.807, 2.05) is 0 Å². The lowest BCUT2D eigenvalue weighted by molar-refractivity contribution is 0.391. The molecule has 0 spiro atoms. The van der Waals surface area contributed by atoms with Crippen LogP contribution in [0.3, 0.4) is 0 Å². The molecule has 0 saturated heterocycles. The van der Waals surface area contributed by atoms with Crippen molar-refractivity contribution in [3.63, 3.8) is 0 Å². The molecule has 0 aliphatic rings. The van der Waals surface area contributed by atoms with Crippen LogP contribution in [0.15, 0.2) is 36.4 Å². The average Bonchev–Trinajstić information content (AvgIpc) is 2.46. The van der Waals surface area contributed by atoms with Gasteiger partial charge in [-0.05, 0) is 24.3 Å². The fourth-order valence-electron chi connectivity index (χ4n) is 1.94. The predicted molar refractivity (Wildman–Crippen MR) is 78.7 cm³/mol. The molecule has 0 N–H and O–H groups in total. The number of ether oxygens (including phenoxy) is 2. The number of hydrogen-bond donors (Lipinski definition) is 0. The van der Waals surface area contributed by atoms with Gasteiger partial charge in [0.2, 0.25) is 0 Å². The third kappa shape index (κ3) is 2.84. The molecule has 0 amide bonds. The molecule has 2 nitrogen and oxygen atoms in total. The van der Waals surface area contributed by atoms with Crippen molar-refractivity contribution >= 4 is 23.2 Å². The first-order valence-electron chi connectivity index (χ1n) is 5.88. The van der Waals surface area contributed by atoms with Crippen LogP contribution in [0.25, 0.3) is 0 Å². The summed E-state index contributed by atoms with van der Waals surface area (Å²) in [7, 11) is 3.07. The van der Waals surface area contributed by atoms with Crippen LogP contribution < -0.4 is 9.47 Å². The van der Waals surface area contributed by atoms with Crippen molar-refractivity contribution in [3.8, 4) is 11.5 Å². The zero-order valence-corrected chi connectivity index (χ0v) is 12.5. The molecule has 0 aliphatic heterocycles. The molecule has 0 fully saturated rings. The molecule has 2 aromatic rings. The monoisotopic (exact) mass is 314 g/mol. The van der Waals surface area contributed by atoms with Gasteiger partial charge in [0, 0.05) is 22.2 Å². The molecule has 0 saturated carbocycles. The number of halogens is 3. The minimum absolute atomic E-state index is 0.235. The van der Waals surface area contributed by atoms with E-state index in [4.69, 9.17) is 32.7 Å². The van der Waals surface area contributed by atoms with E-state index < -0.39 is 11.2 Å². The highest BCUT2D eigenvalue weighted by Crippen LogP contribution is 2.40. The Labute approximate surface area is 127 Å². The van der Waals surface area contributed by atoms with Crippen LogP contribution in [0.4, 0.5) is 4.39 Å².